The number of rotatable bonds is 5. The van der Waals surface area contributed by atoms with Crippen molar-refractivity contribution in [2.24, 2.45) is 0 Å². The average Bonchev–Trinajstić information content (AvgIpc) is 2.29. The number of aliphatic hydroxyl groups is 3. The predicted octanol–water partition coefficient (Wildman–Crippen LogP) is 0.529. The van der Waals surface area contributed by atoms with Gasteiger partial charge in [-0.1, -0.05) is 24.3 Å². The monoisotopic (exact) mass is 221 g/mol. The van der Waals surface area contributed by atoms with Gasteiger partial charge in [0.1, 0.15) is 6.10 Å². The van der Waals surface area contributed by atoms with E-state index in [2.05, 4.69) is 0 Å². The maximum atomic E-state index is 9.75. The van der Waals surface area contributed by atoms with Gasteiger partial charge in [0.15, 0.2) is 0 Å². The Hall–Kier alpha value is -1.41. The van der Waals surface area contributed by atoms with E-state index in [0.717, 1.165) is 5.56 Å². The summed E-state index contributed by atoms with van der Waals surface area (Å²) in [6.07, 6.45) is -1.73. The highest BCUT2D eigenvalue weighted by molar-refractivity contribution is 5.26. The molecule has 0 spiro atoms. The van der Waals surface area contributed by atoms with Crippen LogP contribution >= 0.6 is 0 Å². The van der Waals surface area contributed by atoms with E-state index in [1.54, 1.807) is 18.2 Å². The normalized spacial score (nSPS) is 14.1. The van der Waals surface area contributed by atoms with Gasteiger partial charge in [0.25, 0.3) is 0 Å². The van der Waals surface area contributed by atoms with Gasteiger partial charge in [-0.05, 0) is 17.5 Å². The summed E-state index contributed by atoms with van der Waals surface area (Å²) in [4.78, 5) is 0. The predicted molar refractivity (Wildman–Crippen MR) is 58.4 cm³/mol. The van der Waals surface area contributed by atoms with Crippen LogP contribution in [0.1, 0.15) is 23.7 Å². The minimum absolute atomic E-state index is 0.0420. The number of hydrogen-bond donors (Lipinski definition) is 3. The van der Waals surface area contributed by atoms with Crippen molar-refractivity contribution in [1.82, 2.24) is 0 Å². The molecule has 3 N–H and O–H groups in total. The van der Waals surface area contributed by atoms with Gasteiger partial charge in [0.05, 0.1) is 18.6 Å². The third kappa shape index (κ3) is 3.31. The topological polar surface area (TPSA) is 84.5 Å². The summed E-state index contributed by atoms with van der Waals surface area (Å²) in [6.45, 7) is 0.0420. The van der Waals surface area contributed by atoms with Crippen LogP contribution in [0.2, 0.25) is 0 Å². The smallest absolute Gasteiger partial charge is 0.106 e. The Kier molecular flexibility index (Phi) is 4.93. The standard InChI is InChI=1S/C12H15NO3/c13-6-4-11(15)12(16)10-3-1-2-9(8-10)5-7-14/h1-3,8,11-12,14-16H,4-5,7H2. The van der Waals surface area contributed by atoms with Crippen molar-refractivity contribution in [2.75, 3.05) is 6.61 Å². The van der Waals surface area contributed by atoms with E-state index in [0.29, 0.717) is 12.0 Å². The maximum Gasteiger partial charge on any atom is 0.106 e. The largest absolute Gasteiger partial charge is 0.396 e. The molecular formula is C12H15NO3. The molecule has 4 nitrogen and oxygen atoms in total. The van der Waals surface area contributed by atoms with Crippen LogP contribution in [0.5, 0.6) is 0 Å². The Labute approximate surface area is 94.4 Å². The van der Waals surface area contributed by atoms with E-state index >= 15 is 0 Å². The Balaban J connectivity index is 2.79. The molecule has 1 aromatic rings. The first-order chi connectivity index (χ1) is 7.69. The van der Waals surface area contributed by atoms with Gasteiger partial charge >= 0.3 is 0 Å². The van der Waals surface area contributed by atoms with Crippen molar-refractivity contribution < 1.29 is 15.3 Å². The van der Waals surface area contributed by atoms with Crippen LogP contribution in [0.3, 0.4) is 0 Å². The molecule has 0 saturated heterocycles. The number of benzene rings is 1. The second-order valence-corrected chi connectivity index (χ2v) is 3.59. The van der Waals surface area contributed by atoms with E-state index in [4.69, 9.17) is 10.4 Å². The van der Waals surface area contributed by atoms with Gasteiger partial charge in [0.2, 0.25) is 0 Å². The minimum Gasteiger partial charge on any atom is -0.396 e. The Morgan fingerprint density at radius 1 is 1.31 bits per heavy atom. The fourth-order valence-electron chi connectivity index (χ4n) is 1.49. The number of hydrogen-bond acceptors (Lipinski definition) is 4. The van der Waals surface area contributed by atoms with Gasteiger partial charge in [-0.15, -0.1) is 0 Å². The Morgan fingerprint density at radius 3 is 2.69 bits per heavy atom. The molecule has 0 fully saturated rings. The second-order valence-electron chi connectivity index (χ2n) is 3.59. The number of nitrogens with zero attached hydrogens (tertiary/aromatic N) is 1. The molecule has 16 heavy (non-hydrogen) atoms. The summed E-state index contributed by atoms with van der Waals surface area (Å²) in [7, 11) is 0. The first-order valence-electron chi connectivity index (χ1n) is 5.11. The molecule has 4 heteroatoms. The van der Waals surface area contributed by atoms with E-state index in [1.165, 1.54) is 0 Å². The molecule has 0 bridgehead atoms. The molecular weight excluding hydrogens is 206 g/mol. The lowest BCUT2D eigenvalue weighted by Crippen LogP contribution is -2.17. The molecule has 2 unspecified atom stereocenters. The highest BCUT2D eigenvalue weighted by atomic mass is 16.3. The zero-order valence-corrected chi connectivity index (χ0v) is 8.87. The van der Waals surface area contributed by atoms with Crippen molar-refractivity contribution in [3.8, 4) is 6.07 Å². The second kappa shape index (κ2) is 6.23. The zero-order valence-electron chi connectivity index (χ0n) is 8.87. The van der Waals surface area contributed by atoms with Gasteiger partial charge in [-0.3, -0.25) is 0 Å². The molecule has 0 aliphatic carbocycles. The fourth-order valence-corrected chi connectivity index (χ4v) is 1.49. The molecule has 2 atom stereocenters. The molecule has 1 rings (SSSR count). The van der Waals surface area contributed by atoms with Crippen molar-refractivity contribution in [3.05, 3.63) is 35.4 Å². The van der Waals surface area contributed by atoms with Crippen molar-refractivity contribution in [1.29, 1.82) is 5.26 Å². The van der Waals surface area contributed by atoms with E-state index in [-0.39, 0.29) is 13.0 Å². The lowest BCUT2D eigenvalue weighted by Gasteiger charge is -2.16. The van der Waals surface area contributed by atoms with Crippen LogP contribution in [0.25, 0.3) is 0 Å². The quantitative estimate of drug-likeness (QED) is 0.677. The van der Waals surface area contributed by atoms with Gasteiger partial charge < -0.3 is 15.3 Å². The van der Waals surface area contributed by atoms with Crippen molar-refractivity contribution in [2.45, 2.75) is 25.0 Å². The maximum absolute atomic E-state index is 9.75. The summed E-state index contributed by atoms with van der Waals surface area (Å²) in [6, 6.07) is 8.81. The summed E-state index contributed by atoms with van der Waals surface area (Å²) >= 11 is 0. The molecule has 86 valence electrons. The highest BCUT2D eigenvalue weighted by Gasteiger charge is 2.17. The van der Waals surface area contributed by atoms with Crippen LogP contribution < -0.4 is 0 Å². The zero-order chi connectivity index (χ0) is 12.0. The van der Waals surface area contributed by atoms with E-state index in [9.17, 15) is 10.2 Å². The average molecular weight is 221 g/mol. The molecule has 1 aromatic carbocycles. The minimum atomic E-state index is -1.07. The molecule has 0 radical (unpaired) electrons. The molecule has 0 aromatic heterocycles. The van der Waals surface area contributed by atoms with Crippen molar-refractivity contribution >= 4 is 0 Å². The molecule has 0 heterocycles. The van der Waals surface area contributed by atoms with E-state index < -0.39 is 12.2 Å². The summed E-state index contributed by atoms with van der Waals surface area (Å²) in [5, 5.41) is 36.4. The van der Waals surface area contributed by atoms with Crippen LogP contribution in [-0.4, -0.2) is 28.0 Å². The van der Waals surface area contributed by atoms with Gasteiger partial charge in [0, 0.05) is 6.61 Å². The van der Waals surface area contributed by atoms with Crippen molar-refractivity contribution in [3.63, 3.8) is 0 Å². The van der Waals surface area contributed by atoms with Crippen LogP contribution in [-0.2, 0) is 6.42 Å². The molecule has 0 aliphatic heterocycles. The SMILES string of the molecule is N#CCC(O)C(O)c1cccc(CCO)c1. The summed E-state index contributed by atoms with van der Waals surface area (Å²) in [5.74, 6) is 0. The van der Waals surface area contributed by atoms with Crippen LogP contribution in [0, 0.1) is 11.3 Å². The summed E-state index contributed by atoms with van der Waals surface area (Å²) < 4.78 is 0. The van der Waals surface area contributed by atoms with Crippen LogP contribution in [0.4, 0.5) is 0 Å². The van der Waals surface area contributed by atoms with E-state index in [1.807, 2.05) is 12.1 Å². The number of nitriles is 1. The Morgan fingerprint density at radius 2 is 2.06 bits per heavy atom. The lowest BCUT2D eigenvalue weighted by molar-refractivity contribution is 0.0216. The van der Waals surface area contributed by atoms with Gasteiger partial charge in [-0.25, -0.2) is 0 Å². The first kappa shape index (κ1) is 12.7. The third-order valence-electron chi connectivity index (χ3n) is 2.36. The van der Waals surface area contributed by atoms with Crippen LogP contribution in [0.15, 0.2) is 24.3 Å². The number of aliphatic hydroxyl groups excluding tert-OH is 3. The molecule has 0 saturated carbocycles. The molecule has 0 aliphatic rings. The van der Waals surface area contributed by atoms with Gasteiger partial charge in [-0.2, -0.15) is 5.26 Å². The lowest BCUT2D eigenvalue weighted by atomic mass is 9.99. The fraction of sp³-hybridized carbons (Fsp3) is 0.417. The highest BCUT2D eigenvalue weighted by Crippen LogP contribution is 2.19. The first-order valence-corrected chi connectivity index (χ1v) is 5.11. The third-order valence-corrected chi connectivity index (χ3v) is 2.36. The summed E-state index contributed by atoms with van der Waals surface area (Å²) in [5.41, 5.74) is 1.46. The Bertz CT molecular complexity index is 373. The molecule has 0 amide bonds.